The van der Waals surface area contributed by atoms with Crippen molar-refractivity contribution < 1.29 is 10.2 Å². The Morgan fingerprint density at radius 1 is 1.08 bits per heavy atom. The highest BCUT2D eigenvalue weighted by molar-refractivity contribution is 5.05. The molecule has 1 saturated carbocycles. The fourth-order valence-corrected chi connectivity index (χ4v) is 2.55. The quantitative estimate of drug-likeness (QED) is 0.481. The Balaban J connectivity index is 2.09. The van der Waals surface area contributed by atoms with E-state index in [1.54, 1.807) is 0 Å². The summed E-state index contributed by atoms with van der Waals surface area (Å²) in [7, 11) is 0. The smallest absolute Gasteiger partial charge is 0.0992 e. The Morgan fingerprint density at radius 2 is 1.75 bits per heavy atom. The van der Waals surface area contributed by atoms with Gasteiger partial charge in [0.15, 0.2) is 0 Å². The van der Waals surface area contributed by atoms with Gasteiger partial charge in [0.1, 0.15) is 0 Å². The van der Waals surface area contributed by atoms with Gasteiger partial charge in [-0.2, -0.15) is 0 Å². The summed E-state index contributed by atoms with van der Waals surface area (Å²) >= 11 is 0. The van der Waals surface area contributed by atoms with Gasteiger partial charge < -0.3 is 15.5 Å². The summed E-state index contributed by atoms with van der Waals surface area (Å²) in [5.41, 5.74) is -0.141. The molecule has 2 rings (SSSR count). The van der Waals surface area contributed by atoms with Crippen molar-refractivity contribution in [2.24, 2.45) is 0 Å². The minimum atomic E-state index is -0.553. The van der Waals surface area contributed by atoms with Crippen molar-refractivity contribution in [1.29, 1.82) is 0 Å². The van der Waals surface area contributed by atoms with E-state index in [0.29, 0.717) is 6.54 Å². The summed E-state index contributed by atoms with van der Waals surface area (Å²) in [6, 6.07) is 0. The first-order chi connectivity index (χ1) is 5.75. The third-order valence-electron chi connectivity index (χ3n) is 3.34. The van der Waals surface area contributed by atoms with Crippen LogP contribution in [0.5, 0.6) is 0 Å². The molecule has 3 N–H and O–H groups in total. The molecule has 0 aromatic heterocycles. The number of hydrogen-bond donors (Lipinski definition) is 3. The number of aliphatic hydroxyl groups excluding tert-OH is 2. The second kappa shape index (κ2) is 2.98. The van der Waals surface area contributed by atoms with Gasteiger partial charge in [-0.1, -0.05) is 19.3 Å². The lowest BCUT2D eigenvalue weighted by molar-refractivity contribution is -0.00159. The highest BCUT2D eigenvalue weighted by Gasteiger charge is 2.46. The van der Waals surface area contributed by atoms with Gasteiger partial charge in [0.2, 0.25) is 0 Å². The van der Waals surface area contributed by atoms with E-state index in [2.05, 4.69) is 5.32 Å². The Labute approximate surface area is 72.8 Å². The lowest BCUT2D eigenvalue weighted by Gasteiger charge is -2.36. The zero-order valence-electron chi connectivity index (χ0n) is 7.29. The van der Waals surface area contributed by atoms with E-state index < -0.39 is 12.2 Å². The number of aliphatic hydroxyl groups is 2. The number of β-amino-alcohol motifs (C(OH)–C–C–N with tert-alkyl or cyclic N) is 1. The molecule has 2 aliphatic rings. The normalized spacial score (nSPS) is 40.5. The Bertz CT molecular complexity index is 160. The first-order valence-electron chi connectivity index (χ1n) is 4.86. The van der Waals surface area contributed by atoms with Crippen LogP contribution in [0.2, 0.25) is 0 Å². The van der Waals surface area contributed by atoms with Crippen LogP contribution in [0.3, 0.4) is 0 Å². The van der Waals surface area contributed by atoms with E-state index in [9.17, 15) is 10.2 Å². The van der Waals surface area contributed by atoms with E-state index in [1.807, 2.05) is 0 Å². The lowest BCUT2D eigenvalue weighted by Crippen LogP contribution is -2.50. The van der Waals surface area contributed by atoms with Gasteiger partial charge in [0.05, 0.1) is 12.2 Å². The lowest BCUT2D eigenvalue weighted by atomic mass is 9.78. The van der Waals surface area contributed by atoms with Crippen LogP contribution in [0.25, 0.3) is 0 Å². The summed E-state index contributed by atoms with van der Waals surface area (Å²) in [4.78, 5) is 0. The van der Waals surface area contributed by atoms with Crippen molar-refractivity contribution in [3.8, 4) is 0 Å². The van der Waals surface area contributed by atoms with Crippen LogP contribution in [0, 0.1) is 0 Å². The molecule has 0 aromatic carbocycles. The van der Waals surface area contributed by atoms with E-state index in [-0.39, 0.29) is 5.54 Å². The monoisotopic (exact) mass is 171 g/mol. The zero-order chi connectivity index (χ0) is 8.60. The summed E-state index contributed by atoms with van der Waals surface area (Å²) in [6.45, 7) is 0.557. The first-order valence-corrected chi connectivity index (χ1v) is 4.86. The Hall–Kier alpha value is -0.120. The zero-order valence-corrected chi connectivity index (χ0v) is 7.29. The Morgan fingerprint density at radius 3 is 2.25 bits per heavy atom. The molecule has 0 amide bonds. The van der Waals surface area contributed by atoms with Gasteiger partial charge in [0.25, 0.3) is 0 Å². The second-order valence-corrected chi connectivity index (χ2v) is 4.11. The molecule has 2 fully saturated rings. The molecule has 1 spiro atoms. The maximum Gasteiger partial charge on any atom is 0.0992 e. The van der Waals surface area contributed by atoms with E-state index >= 15 is 0 Å². The molecule has 1 heterocycles. The van der Waals surface area contributed by atoms with Gasteiger partial charge in [-0.25, -0.2) is 0 Å². The van der Waals surface area contributed by atoms with E-state index in [0.717, 1.165) is 12.8 Å². The maximum absolute atomic E-state index is 9.76. The standard InChI is InChI=1S/C9H17NO2/c11-7-6-10-9(8(7)12)4-2-1-3-5-9/h7-8,10-12H,1-6H2. The Kier molecular flexibility index (Phi) is 2.10. The third kappa shape index (κ3) is 1.16. The minimum absolute atomic E-state index is 0.141. The van der Waals surface area contributed by atoms with E-state index in [1.165, 1.54) is 19.3 Å². The van der Waals surface area contributed by atoms with Crippen molar-refractivity contribution in [2.45, 2.75) is 49.9 Å². The van der Waals surface area contributed by atoms with Crippen molar-refractivity contribution >= 4 is 0 Å². The fraction of sp³-hybridized carbons (Fsp3) is 1.00. The molecule has 1 aliphatic heterocycles. The highest BCUT2D eigenvalue weighted by atomic mass is 16.3. The summed E-state index contributed by atoms with van der Waals surface area (Å²) in [6.07, 6.45) is 4.57. The number of hydrogen-bond acceptors (Lipinski definition) is 3. The molecule has 12 heavy (non-hydrogen) atoms. The van der Waals surface area contributed by atoms with Crippen LogP contribution in [0.15, 0.2) is 0 Å². The molecule has 2 unspecified atom stereocenters. The van der Waals surface area contributed by atoms with Crippen molar-refractivity contribution in [2.75, 3.05) is 6.54 Å². The second-order valence-electron chi connectivity index (χ2n) is 4.11. The molecule has 2 atom stereocenters. The molecular weight excluding hydrogens is 154 g/mol. The largest absolute Gasteiger partial charge is 0.389 e. The molecule has 70 valence electrons. The molecule has 1 saturated heterocycles. The topological polar surface area (TPSA) is 52.5 Å². The number of nitrogens with one attached hydrogen (secondary N) is 1. The highest BCUT2D eigenvalue weighted by Crippen LogP contribution is 2.35. The van der Waals surface area contributed by atoms with Gasteiger partial charge >= 0.3 is 0 Å². The molecule has 0 aromatic rings. The van der Waals surface area contributed by atoms with Gasteiger partial charge in [-0.3, -0.25) is 0 Å². The van der Waals surface area contributed by atoms with Crippen LogP contribution in [-0.2, 0) is 0 Å². The molecule has 0 radical (unpaired) electrons. The summed E-state index contributed by atoms with van der Waals surface area (Å²) in [5.74, 6) is 0. The molecule has 3 nitrogen and oxygen atoms in total. The summed E-state index contributed by atoms with van der Waals surface area (Å²) in [5, 5.41) is 22.4. The van der Waals surface area contributed by atoms with Crippen LogP contribution in [0.4, 0.5) is 0 Å². The minimum Gasteiger partial charge on any atom is -0.389 e. The predicted molar refractivity (Wildman–Crippen MR) is 45.8 cm³/mol. The maximum atomic E-state index is 9.76. The van der Waals surface area contributed by atoms with Gasteiger partial charge in [-0.05, 0) is 12.8 Å². The van der Waals surface area contributed by atoms with Crippen molar-refractivity contribution in [3.05, 3.63) is 0 Å². The molecule has 0 bridgehead atoms. The van der Waals surface area contributed by atoms with Gasteiger partial charge in [0, 0.05) is 12.1 Å². The SMILES string of the molecule is OC1CNC2(CCCCC2)C1O. The first kappa shape index (κ1) is 8.48. The average Bonchev–Trinajstić information content (AvgIpc) is 2.37. The predicted octanol–water partition coefficient (Wildman–Crippen LogP) is 0.0143. The molecule has 1 aliphatic carbocycles. The van der Waals surface area contributed by atoms with Crippen LogP contribution in [0.1, 0.15) is 32.1 Å². The van der Waals surface area contributed by atoms with E-state index in [4.69, 9.17) is 0 Å². The van der Waals surface area contributed by atoms with Gasteiger partial charge in [-0.15, -0.1) is 0 Å². The third-order valence-corrected chi connectivity index (χ3v) is 3.34. The van der Waals surface area contributed by atoms with Crippen LogP contribution >= 0.6 is 0 Å². The van der Waals surface area contributed by atoms with Crippen molar-refractivity contribution in [1.82, 2.24) is 5.32 Å². The van der Waals surface area contributed by atoms with Crippen LogP contribution in [-0.4, -0.2) is 34.5 Å². The molecular formula is C9H17NO2. The van der Waals surface area contributed by atoms with Crippen LogP contribution < -0.4 is 5.32 Å². The van der Waals surface area contributed by atoms with Crippen molar-refractivity contribution in [3.63, 3.8) is 0 Å². The average molecular weight is 171 g/mol. The molecule has 3 heteroatoms. The summed E-state index contributed by atoms with van der Waals surface area (Å²) < 4.78 is 0. The fourth-order valence-electron chi connectivity index (χ4n) is 2.55. The number of rotatable bonds is 0.